The van der Waals surface area contributed by atoms with Crippen molar-refractivity contribution in [3.05, 3.63) is 131 Å². The number of halogens is 2. The molecule has 0 saturated carbocycles. The van der Waals surface area contributed by atoms with Crippen molar-refractivity contribution in [2.75, 3.05) is 0 Å². The average molecular weight is 779 g/mol. The van der Waals surface area contributed by atoms with E-state index in [4.69, 9.17) is 17.0 Å². The van der Waals surface area contributed by atoms with E-state index >= 15 is 0 Å². The van der Waals surface area contributed by atoms with E-state index in [0.29, 0.717) is 5.92 Å². The van der Waals surface area contributed by atoms with Crippen LogP contribution in [-0.2, 0) is 28.7 Å². The molecule has 0 spiro atoms. The third-order valence-corrected chi connectivity index (χ3v) is 25.3. The molecule has 2 unspecified atom stereocenters. The van der Waals surface area contributed by atoms with Gasteiger partial charge in [-0.3, -0.25) is 0 Å². The van der Waals surface area contributed by atoms with Crippen molar-refractivity contribution >= 4 is 46.3 Å². The average Bonchev–Trinajstić information content (AvgIpc) is 3.66. The zero-order valence-electron chi connectivity index (χ0n) is 30.2. The Morgan fingerprint density at radius 1 is 0.694 bits per heavy atom. The van der Waals surface area contributed by atoms with E-state index < -0.39 is 27.4 Å². The van der Waals surface area contributed by atoms with Gasteiger partial charge in [0.2, 0.25) is 0 Å². The Bertz CT molecular complexity index is 2060. The summed E-state index contributed by atoms with van der Waals surface area (Å²) in [4.78, 5) is 0. The van der Waals surface area contributed by atoms with Crippen LogP contribution in [0.2, 0.25) is 0 Å². The van der Waals surface area contributed by atoms with Crippen LogP contribution in [0, 0.1) is 5.92 Å². The zero-order valence-corrected chi connectivity index (χ0v) is 35.6. The van der Waals surface area contributed by atoms with E-state index in [9.17, 15) is 0 Å². The molecule has 0 bridgehead atoms. The van der Waals surface area contributed by atoms with Gasteiger partial charge in [0, 0.05) is 0 Å². The molecule has 0 amide bonds. The van der Waals surface area contributed by atoms with Gasteiger partial charge in [0.05, 0.1) is 0 Å². The van der Waals surface area contributed by atoms with E-state index in [-0.39, 0.29) is 14.5 Å². The first kappa shape index (κ1) is 34.9. The van der Waals surface area contributed by atoms with Crippen LogP contribution in [-0.4, -0.2) is 9.52 Å². The Labute approximate surface area is 308 Å². The van der Waals surface area contributed by atoms with Crippen LogP contribution >= 0.6 is 17.0 Å². The molecular formula is C45H48Cl2SiZr. The number of hydrogen-bond donors (Lipinski definition) is 0. The van der Waals surface area contributed by atoms with Crippen LogP contribution < -0.4 is 13.6 Å². The fourth-order valence-corrected chi connectivity index (χ4v) is 24.9. The molecule has 0 nitrogen and oxygen atoms in total. The number of hydrogen-bond acceptors (Lipinski definition) is 0. The second-order valence-corrected chi connectivity index (χ2v) is 32.2. The van der Waals surface area contributed by atoms with E-state index in [0.717, 1.165) is 6.42 Å². The first-order valence-corrected chi connectivity index (χ1v) is 28.3. The summed E-state index contributed by atoms with van der Waals surface area (Å²) < 4.78 is 1.34. The molecule has 0 fully saturated rings. The Kier molecular flexibility index (Phi) is 9.22. The molecule has 0 aromatic heterocycles. The molecule has 2 aliphatic rings. The fourth-order valence-electron chi connectivity index (χ4n) is 7.97. The maximum absolute atomic E-state index is 8.10. The second-order valence-electron chi connectivity index (χ2n) is 16.3. The van der Waals surface area contributed by atoms with Gasteiger partial charge in [-0.25, -0.2) is 0 Å². The van der Waals surface area contributed by atoms with Crippen molar-refractivity contribution < 1.29 is 17.9 Å². The van der Waals surface area contributed by atoms with Crippen molar-refractivity contribution in [2.24, 2.45) is 5.92 Å². The summed E-state index contributed by atoms with van der Waals surface area (Å²) in [7, 11) is 15.5. The number of benzene rings is 5. The first-order chi connectivity index (χ1) is 23.2. The predicted octanol–water partition coefficient (Wildman–Crippen LogP) is 11.0. The molecule has 4 heteroatoms. The third-order valence-electron chi connectivity index (χ3n) is 11.0. The molecule has 0 N–H and O–H groups in total. The topological polar surface area (TPSA) is 0 Å². The van der Waals surface area contributed by atoms with Crippen LogP contribution in [0.4, 0.5) is 0 Å². The molecule has 5 aromatic rings. The van der Waals surface area contributed by atoms with Gasteiger partial charge in [0.15, 0.2) is 0 Å². The van der Waals surface area contributed by atoms with Gasteiger partial charge >= 0.3 is 311 Å². The normalized spacial score (nSPS) is 16.7. The zero-order chi connectivity index (χ0) is 34.9. The van der Waals surface area contributed by atoms with Crippen LogP contribution in [0.25, 0.3) is 39.5 Å². The van der Waals surface area contributed by atoms with Crippen molar-refractivity contribution in [3.63, 3.8) is 0 Å². The molecule has 49 heavy (non-hydrogen) atoms. The number of rotatable bonds is 6. The SMILES string of the molecule is CCC(C)C1=Cc2c(ccc(-c3ccccc3)c2-c2cc(C(C)(C)C)cc(C(C)(C)C)c2)[CH]1[Zr]([Cl])([Cl])[c]1cccc2c1[SiH2]c1ccccc1-2. The monoisotopic (exact) mass is 776 g/mol. The van der Waals surface area contributed by atoms with Gasteiger partial charge in [0.25, 0.3) is 0 Å². The standard InChI is InChI=1S/C33H39.C12H9Si.2ClH.Zr/c1-9-22(2)25-17-24-15-16-29(23-13-11-10-12-14-23)31(30(24)20-25)26-18-27(32(3,4)5)21-28(19-26)33(6,7)8;1-3-7-11-9(5-1)10-6-2-4-8-12(10)13-11;;;/h10-22H,9H2,1-8H3;1-7H,13H2;2*1H;/q;;;;+2/p-2. The Balaban J connectivity index is 1.50. The second kappa shape index (κ2) is 12.9. The van der Waals surface area contributed by atoms with Crippen molar-refractivity contribution in [2.45, 2.75) is 76.3 Å². The first-order valence-electron chi connectivity index (χ1n) is 17.9. The minimum atomic E-state index is -4.15. The van der Waals surface area contributed by atoms with Gasteiger partial charge in [-0.15, -0.1) is 0 Å². The summed E-state index contributed by atoms with van der Waals surface area (Å²) >= 11 is -4.15. The summed E-state index contributed by atoms with van der Waals surface area (Å²) in [5.74, 6) is 0.372. The van der Waals surface area contributed by atoms with E-state index in [1.807, 2.05) is 0 Å². The summed E-state index contributed by atoms with van der Waals surface area (Å²) in [5.41, 5.74) is 14.6. The van der Waals surface area contributed by atoms with Crippen molar-refractivity contribution in [1.82, 2.24) is 0 Å². The summed E-state index contributed by atoms with van der Waals surface area (Å²) in [6.45, 7) is 18.6. The Morgan fingerprint density at radius 2 is 1.33 bits per heavy atom. The Hall–Kier alpha value is -2.48. The van der Waals surface area contributed by atoms with Crippen LogP contribution in [0.5, 0.6) is 0 Å². The fraction of sp³-hybridized carbons (Fsp3) is 0.289. The summed E-state index contributed by atoms with van der Waals surface area (Å²) in [6, 6.07) is 38.7. The molecule has 2 atom stereocenters. The molecule has 0 saturated heterocycles. The Morgan fingerprint density at radius 3 is 1.98 bits per heavy atom. The van der Waals surface area contributed by atoms with Gasteiger partial charge in [-0.1, -0.05) is 0 Å². The van der Waals surface area contributed by atoms with E-state index in [1.165, 1.54) is 74.9 Å². The molecule has 1 heterocycles. The quantitative estimate of drug-likeness (QED) is 0.148. The van der Waals surface area contributed by atoms with Crippen LogP contribution in [0.3, 0.4) is 0 Å². The van der Waals surface area contributed by atoms with Crippen LogP contribution in [0.1, 0.15) is 87.7 Å². The molecule has 250 valence electrons. The van der Waals surface area contributed by atoms with Crippen molar-refractivity contribution in [1.29, 1.82) is 0 Å². The third kappa shape index (κ3) is 6.24. The van der Waals surface area contributed by atoms with Crippen molar-refractivity contribution in [3.8, 4) is 33.4 Å². The summed E-state index contributed by atoms with van der Waals surface area (Å²) in [6.07, 6.45) is 3.57. The molecular weight excluding hydrogens is 731 g/mol. The minimum absolute atomic E-state index is 0.00811. The van der Waals surface area contributed by atoms with E-state index in [2.05, 4.69) is 165 Å². The molecule has 1 aliphatic heterocycles. The predicted molar refractivity (Wildman–Crippen MR) is 216 cm³/mol. The van der Waals surface area contributed by atoms with Gasteiger partial charge in [-0.05, 0) is 0 Å². The molecule has 0 radical (unpaired) electrons. The molecule has 5 aromatic carbocycles. The van der Waals surface area contributed by atoms with E-state index in [1.54, 1.807) is 0 Å². The van der Waals surface area contributed by atoms with Gasteiger partial charge < -0.3 is 0 Å². The summed E-state index contributed by atoms with van der Waals surface area (Å²) in [5, 5.41) is 2.99. The molecule has 1 aliphatic carbocycles. The molecule has 7 rings (SSSR count). The van der Waals surface area contributed by atoms with Crippen LogP contribution in [0.15, 0.2) is 109 Å². The van der Waals surface area contributed by atoms with Gasteiger partial charge in [0.1, 0.15) is 0 Å². The van der Waals surface area contributed by atoms with Gasteiger partial charge in [-0.2, -0.15) is 0 Å². The number of allylic oxidation sites excluding steroid dienone is 1. The maximum atomic E-state index is 8.10. The number of fused-ring (bicyclic) bond motifs is 4.